The van der Waals surface area contributed by atoms with E-state index >= 15 is 0 Å². The van der Waals surface area contributed by atoms with E-state index in [0.717, 1.165) is 5.92 Å². The second-order valence-corrected chi connectivity index (χ2v) is 3.28. The van der Waals surface area contributed by atoms with Gasteiger partial charge in [-0.15, -0.1) is 0 Å². The summed E-state index contributed by atoms with van der Waals surface area (Å²) in [6.45, 7) is 6.12. The number of nitrogens with one attached hydrogen (secondary N) is 1. The molecule has 0 aromatic heterocycles. The van der Waals surface area contributed by atoms with Crippen molar-refractivity contribution in [2.24, 2.45) is 5.92 Å². The van der Waals surface area contributed by atoms with E-state index in [4.69, 9.17) is 0 Å². The van der Waals surface area contributed by atoms with Gasteiger partial charge in [0.2, 0.25) is 0 Å². The smallest absolute Gasteiger partial charge is 0.00750 e. The van der Waals surface area contributed by atoms with Crippen LogP contribution in [0.25, 0.3) is 0 Å². The molecule has 1 heteroatoms. The lowest BCUT2D eigenvalue weighted by atomic mass is 9.80. The third-order valence-electron chi connectivity index (χ3n) is 2.43. The average molecular weight is 151 g/mol. The second-order valence-electron chi connectivity index (χ2n) is 3.28. The summed E-state index contributed by atoms with van der Waals surface area (Å²) in [7, 11) is 1.94. The lowest BCUT2D eigenvalue weighted by molar-refractivity contribution is 0.375. The minimum Gasteiger partial charge on any atom is -0.392 e. The molecule has 1 saturated carbocycles. The van der Waals surface area contributed by atoms with Crippen LogP contribution in [0.2, 0.25) is 0 Å². The van der Waals surface area contributed by atoms with Crippen LogP contribution in [0, 0.1) is 5.92 Å². The van der Waals surface area contributed by atoms with E-state index in [2.05, 4.69) is 24.9 Å². The van der Waals surface area contributed by atoms with E-state index in [1.807, 2.05) is 7.05 Å². The number of allylic oxidation sites excluding steroid dienone is 3. The Labute approximate surface area is 69.2 Å². The lowest BCUT2D eigenvalue weighted by Crippen LogP contribution is -2.13. The van der Waals surface area contributed by atoms with Crippen molar-refractivity contribution in [1.29, 1.82) is 0 Å². The van der Waals surface area contributed by atoms with Gasteiger partial charge in [-0.2, -0.15) is 0 Å². The quantitative estimate of drug-likeness (QED) is 0.611. The van der Waals surface area contributed by atoms with Crippen molar-refractivity contribution in [3.05, 3.63) is 23.9 Å². The summed E-state index contributed by atoms with van der Waals surface area (Å²) in [6.07, 6.45) is 6.22. The summed E-state index contributed by atoms with van der Waals surface area (Å²) >= 11 is 0. The molecule has 0 saturated heterocycles. The Balaban J connectivity index is 2.41. The van der Waals surface area contributed by atoms with E-state index in [1.54, 1.807) is 0 Å². The molecule has 0 radical (unpaired) electrons. The van der Waals surface area contributed by atoms with Gasteiger partial charge >= 0.3 is 0 Å². The molecule has 62 valence electrons. The van der Waals surface area contributed by atoms with Crippen molar-refractivity contribution in [2.45, 2.75) is 26.2 Å². The third kappa shape index (κ3) is 2.11. The first kappa shape index (κ1) is 8.38. The molecule has 1 nitrogen and oxygen atoms in total. The van der Waals surface area contributed by atoms with E-state index < -0.39 is 0 Å². The van der Waals surface area contributed by atoms with E-state index in [0.29, 0.717) is 0 Å². The highest BCUT2D eigenvalue weighted by Crippen LogP contribution is 2.32. The molecule has 11 heavy (non-hydrogen) atoms. The van der Waals surface area contributed by atoms with Gasteiger partial charge in [0.25, 0.3) is 0 Å². The van der Waals surface area contributed by atoms with Crippen LogP contribution < -0.4 is 5.32 Å². The molecule has 0 unspecified atom stereocenters. The molecule has 1 aliphatic carbocycles. The van der Waals surface area contributed by atoms with Crippen molar-refractivity contribution in [2.75, 3.05) is 7.05 Å². The molecule has 0 spiro atoms. The number of rotatable bonds is 3. The minimum atomic E-state index is 0.776. The number of hydrogen-bond donors (Lipinski definition) is 1. The predicted octanol–water partition coefficient (Wildman–Crippen LogP) is 2.47. The second kappa shape index (κ2) is 3.61. The largest absolute Gasteiger partial charge is 0.392 e. The van der Waals surface area contributed by atoms with Gasteiger partial charge in [-0.1, -0.05) is 18.6 Å². The molecule has 0 atom stereocenters. The number of hydrogen-bond acceptors (Lipinski definition) is 1. The van der Waals surface area contributed by atoms with E-state index in [-0.39, 0.29) is 0 Å². The topological polar surface area (TPSA) is 12.0 Å². The van der Waals surface area contributed by atoms with Crippen LogP contribution in [0.1, 0.15) is 26.2 Å². The van der Waals surface area contributed by atoms with Crippen LogP contribution in [0.3, 0.4) is 0 Å². The van der Waals surface area contributed by atoms with Crippen LogP contribution in [0.15, 0.2) is 23.9 Å². The van der Waals surface area contributed by atoms with Crippen molar-refractivity contribution >= 4 is 0 Å². The summed E-state index contributed by atoms with van der Waals surface area (Å²) in [4.78, 5) is 0. The Kier molecular flexibility index (Phi) is 2.75. The molecule has 0 aromatic rings. The summed E-state index contributed by atoms with van der Waals surface area (Å²) in [5, 5.41) is 3.10. The van der Waals surface area contributed by atoms with Crippen molar-refractivity contribution < 1.29 is 0 Å². The highest BCUT2D eigenvalue weighted by molar-refractivity contribution is 5.22. The summed E-state index contributed by atoms with van der Waals surface area (Å²) in [5.74, 6) is 0.776. The monoisotopic (exact) mass is 151 g/mol. The average Bonchev–Trinajstić information content (AvgIpc) is 1.83. The zero-order chi connectivity index (χ0) is 8.27. The fourth-order valence-corrected chi connectivity index (χ4v) is 1.25. The molecule has 1 rings (SSSR count). The third-order valence-corrected chi connectivity index (χ3v) is 2.43. The zero-order valence-corrected chi connectivity index (χ0v) is 7.48. The van der Waals surface area contributed by atoms with Gasteiger partial charge < -0.3 is 5.32 Å². The molecule has 1 N–H and O–H groups in total. The minimum absolute atomic E-state index is 0.776. The van der Waals surface area contributed by atoms with Crippen LogP contribution in [-0.2, 0) is 0 Å². The van der Waals surface area contributed by atoms with E-state index in [1.165, 1.54) is 30.5 Å². The molecule has 0 bridgehead atoms. The molecule has 1 fully saturated rings. The maximum Gasteiger partial charge on any atom is 0.00750 e. The highest BCUT2D eigenvalue weighted by Gasteiger charge is 2.18. The first-order valence-corrected chi connectivity index (χ1v) is 4.29. The Morgan fingerprint density at radius 2 is 2.18 bits per heavy atom. The van der Waals surface area contributed by atoms with Crippen LogP contribution >= 0.6 is 0 Å². The maximum atomic E-state index is 4.05. The summed E-state index contributed by atoms with van der Waals surface area (Å²) in [5.41, 5.74) is 2.50. The van der Waals surface area contributed by atoms with Gasteiger partial charge in [0, 0.05) is 12.7 Å². The van der Waals surface area contributed by atoms with Gasteiger partial charge in [-0.05, 0) is 31.8 Å². The van der Waals surface area contributed by atoms with Crippen LogP contribution in [0.5, 0.6) is 0 Å². The van der Waals surface area contributed by atoms with Crippen LogP contribution in [0.4, 0.5) is 0 Å². The molecular formula is C10H17N. The fourth-order valence-electron chi connectivity index (χ4n) is 1.25. The van der Waals surface area contributed by atoms with Crippen molar-refractivity contribution in [3.63, 3.8) is 0 Å². The molecular weight excluding hydrogens is 134 g/mol. The van der Waals surface area contributed by atoms with Crippen LogP contribution in [-0.4, -0.2) is 7.05 Å². The van der Waals surface area contributed by atoms with Gasteiger partial charge in [0.05, 0.1) is 0 Å². The standard InChI is InChI=1S/C10H17N/c1-8(7-9(2)11-3)10-5-4-6-10/h7,10-11H,1,4-6H2,2-3H3/b9-7-. The van der Waals surface area contributed by atoms with Crippen molar-refractivity contribution in [3.8, 4) is 0 Å². The van der Waals surface area contributed by atoms with Gasteiger partial charge in [-0.3, -0.25) is 0 Å². The predicted molar refractivity (Wildman–Crippen MR) is 49.3 cm³/mol. The molecule has 0 aromatic carbocycles. The highest BCUT2D eigenvalue weighted by atomic mass is 14.8. The lowest BCUT2D eigenvalue weighted by Gasteiger charge is -2.26. The fraction of sp³-hybridized carbons (Fsp3) is 0.600. The van der Waals surface area contributed by atoms with Gasteiger partial charge in [0.1, 0.15) is 0 Å². The maximum absolute atomic E-state index is 4.05. The first-order valence-electron chi connectivity index (χ1n) is 4.29. The SMILES string of the molecule is C=C(/C=C(/C)NC)C1CCC1. The summed E-state index contributed by atoms with van der Waals surface area (Å²) < 4.78 is 0. The Morgan fingerprint density at radius 1 is 1.55 bits per heavy atom. The van der Waals surface area contributed by atoms with Gasteiger partial charge in [0.15, 0.2) is 0 Å². The Bertz CT molecular complexity index is 175. The van der Waals surface area contributed by atoms with Crippen molar-refractivity contribution in [1.82, 2.24) is 5.32 Å². The van der Waals surface area contributed by atoms with E-state index in [9.17, 15) is 0 Å². The van der Waals surface area contributed by atoms with Gasteiger partial charge in [-0.25, -0.2) is 0 Å². The Hall–Kier alpha value is -0.720. The first-order chi connectivity index (χ1) is 5.24. The normalized spacial score (nSPS) is 19.3. The Morgan fingerprint density at radius 3 is 2.55 bits per heavy atom. The molecule has 0 amide bonds. The molecule has 1 aliphatic rings. The zero-order valence-electron chi connectivity index (χ0n) is 7.48. The molecule has 0 heterocycles. The summed E-state index contributed by atoms with van der Waals surface area (Å²) in [6, 6.07) is 0. The molecule has 0 aliphatic heterocycles.